The summed E-state index contributed by atoms with van der Waals surface area (Å²) in [5, 5.41) is 0. The van der Waals surface area contributed by atoms with E-state index >= 15 is 0 Å². The van der Waals surface area contributed by atoms with E-state index in [0.717, 1.165) is 79.0 Å². The molecule has 2 aliphatic rings. The van der Waals surface area contributed by atoms with Crippen LogP contribution in [0.2, 0.25) is 0 Å². The summed E-state index contributed by atoms with van der Waals surface area (Å²) in [5.74, 6) is 0.660. The van der Waals surface area contributed by atoms with Crippen molar-refractivity contribution in [2.75, 3.05) is 32.0 Å². The van der Waals surface area contributed by atoms with Crippen molar-refractivity contribution in [2.24, 2.45) is 0 Å². The fourth-order valence-electron chi connectivity index (χ4n) is 5.61. The molecule has 1 saturated heterocycles. The van der Waals surface area contributed by atoms with E-state index < -0.39 is 0 Å². The summed E-state index contributed by atoms with van der Waals surface area (Å²) in [6.45, 7) is 4.16. The molecule has 1 heterocycles. The molecule has 3 aromatic carbocycles. The van der Waals surface area contributed by atoms with E-state index in [4.69, 9.17) is 10.5 Å². The van der Waals surface area contributed by atoms with Crippen LogP contribution in [0.3, 0.4) is 0 Å². The van der Waals surface area contributed by atoms with Crippen LogP contribution in [-0.2, 0) is 6.42 Å². The average molecular weight is 489 g/mol. The predicted octanol–water partition coefficient (Wildman–Crippen LogP) is 6.82. The normalized spacial score (nSPS) is 18.2. The standard InChI is InChI=1S/C31H34F2N2O/c1-21-27(6-3-8-30(21)33)29-7-2-5-23-19-24(34)11-14-28(23)31(29)22-9-12-25(13-10-22)36-26-15-18-35(20-26)17-4-16-32/h3,6,8-14,19,26H,2,4-5,7,15-18,20,34H2,1H3. The first-order chi connectivity index (χ1) is 17.5. The molecule has 1 unspecified atom stereocenters. The van der Waals surface area contributed by atoms with Crippen molar-refractivity contribution in [1.82, 2.24) is 4.90 Å². The topological polar surface area (TPSA) is 38.5 Å². The fraction of sp³-hybridized carbons (Fsp3) is 0.355. The smallest absolute Gasteiger partial charge is 0.126 e. The van der Waals surface area contributed by atoms with Gasteiger partial charge in [0.1, 0.15) is 17.7 Å². The number of nitrogens with two attached hydrogens (primary N) is 1. The number of fused-ring (bicyclic) bond motifs is 1. The number of hydrogen-bond donors (Lipinski definition) is 1. The quantitative estimate of drug-likeness (QED) is 0.371. The molecule has 3 nitrogen and oxygen atoms in total. The van der Waals surface area contributed by atoms with E-state index in [0.29, 0.717) is 12.0 Å². The monoisotopic (exact) mass is 488 g/mol. The van der Waals surface area contributed by atoms with Crippen molar-refractivity contribution < 1.29 is 13.5 Å². The maximum Gasteiger partial charge on any atom is 0.126 e. The van der Waals surface area contributed by atoms with Gasteiger partial charge in [-0.3, -0.25) is 9.29 Å². The number of likely N-dealkylation sites (tertiary alicyclic amines) is 1. The Morgan fingerprint density at radius 1 is 1.03 bits per heavy atom. The molecule has 1 aliphatic heterocycles. The van der Waals surface area contributed by atoms with Gasteiger partial charge in [0.2, 0.25) is 0 Å². The van der Waals surface area contributed by atoms with Crippen LogP contribution in [0.15, 0.2) is 60.7 Å². The highest BCUT2D eigenvalue weighted by atomic mass is 19.1. The zero-order valence-corrected chi connectivity index (χ0v) is 20.9. The number of nitrogen functional groups attached to an aromatic ring is 1. The van der Waals surface area contributed by atoms with Crippen LogP contribution in [-0.4, -0.2) is 37.3 Å². The SMILES string of the molecule is Cc1c(F)cccc1C1=C(c2ccc(OC3CCN(CCCF)C3)cc2)c2ccc(N)cc2CCC1. The predicted molar refractivity (Wildman–Crippen MR) is 143 cm³/mol. The first-order valence-corrected chi connectivity index (χ1v) is 13.0. The summed E-state index contributed by atoms with van der Waals surface area (Å²) in [6.07, 6.45) is 4.44. The van der Waals surface area contributed by atoms with Crippen LogP contribution in [0.1, 0.15) is 53.5 Å². The number of benzene rings is 3. The van der Waals surface area contributed by atoms with Crippen LogP contribution < -0.4 is 10.5 Å². The van der Waals surface area contributed by atoms with Gasteiger partial charge in [0.05, 0.1) is 6.67 Å². The fourth-order valence-corrected chi connectivity index (χ4v) is 5.61. The van der Waals surface area contributed by atoms with E-state index in [2.05, 4.69) is 29.2 Å². The zero-order chi connectivity index (χ0) is 25.1. The molecule has 36 heavy (non-hydrogen) atoms. The van der Waals surface area contributed by atoms with Crippen molar-refractivity contribution in [3.63, 3.8) is 0 Å². The maximum atomic E-state index is 14.6. The Kier molecular flexibility index (Phi) is 7.38. The van der Waals surface area contributed by atoms with Gasteiger partial charge < -0.3 is 10.5 Å². The summed E-state index contributed by atoms with van der Waals surface area (Å²) >= 11 is 0. The molecule has 0 bridgehead atoms. The molecule has 1 aliphatic carbocycles. The minimum Gasteiger partial charge on any atom is -0.489 e. The van der Waals surface area contributed by atoms with E-state index in [1.807, 2.05) is 31.2 Å². The Balaban J connectivity index is 1.50. The molecular weight excluding hydrogens is 454 g/mol. The van der Waals surface area contributed by atoms with Crippen LogP contribution in [0.4, 0.5) is 14.5 Å². The summed E-state index contributed by atoms with van der Waals surface area (Å²) < 4.78 is 33.4. The Hall–Kier alpha value is -3.18. The molecule has 188 valence electrons. The van der Waals surface area contributed by atoms with Gasteiger partial charge in [0, 0.05) is 25.3 Å². The van der Waals surface area contributed by atoms with Crippen molar-refractivity contribution in [1.29, 1.82) is 0 Å². The second-order valence-electron chi connectivity index (χ2n) is 9.93. The molecule has 0 radical (unpaired) electrons. The lowest BCUT2D eigenvalue weighted by Crippen LogP contribution is -2.26. The largest absolute Gasteiger partial charge is 0.489 e. The second-order valence-corrected chi connectivity index (χ2v) is 9.93. The molecular formula is C31H34F2N2O. The molecule has 5 heteroatoms. The van der Waals surface area contributed by atoms with E-state index in [1.54, 1.807) is 6.07 Å². The van der Waals surface area contributed by atoms with Gasteiger partial charge in [-0.25, -0.2) is 4.39 Å². The third kappa shape index (κ3) is 5.17. The molecule has 0 amide bonds. The Bertz CT molecular complexity index is 1250. The molecule has 1 fully saturated rings. The van der Waals surface area contributed by atoms with Crippen LogP contribution in [0.5, 0.6) is 5.75 Å². The summed E-state index contributed by atoms with van der Waals surface area (Å²) in [5.41, 5.74) is 14.3. The third-order valence-electron chi connectivity index (χ3n) is 7.45. The van der Waals surface area contributed by atoms with Crippen molar-refractivity contribution >= 4 is 16.8 Å². The Morgan fingerprint density at radius 3 is 2.67 bits per heavy atom. The average Bonchev–Trinajstić information content (AvgIpc) is 3.24. The highest BCUT2D eigenvalue weighted by Crippen LogP contribution is 2.41. The van der Waals surface area contributed by atoms with E-state index in [9.17, 15) is 8.78 Å². The number of anilines is 1. The van der Waals surface area contributed by atoms with Crippen LogP contribution >= 0.6 is 0 Å². The van der Waals surface area contributed by atoms with Gasteiger partial charge >= 0.3 is 0 Å². The highest BCUT2D eigenvalue weighted by molar-refractivity contribution is 6.00. The maximum absolute atomic E-state index is 14.6. The number of halogens is 2. The molecule has 5 rings (SSSR count). The van der Waals surface area contributed by atoms with Crippen molar-refractivity contribution in [3.05, 3.63) is 94.3 Å². The number of ether oxygens (including phenoxy) is 1. The summed E-state index contributed by atoms with van der Waals surface area (Å²) in [6, 6.07) is 19.8. The first-order valence-electron chi connectivity index (χ1n) is 13.0. The first kappa shape index (κ1) is 24.5. The molecule has 0 spiro atoms. The van der Waals surface area contributed by atoms with Crippen LogP contribution in [0.25, 0.3) is 11.1 Å². The highest BCUT2D eigenvalue weighted by Gasteiger charge is 2.25. The number of rotatable bonds is 7. The number of aryl methyl sites for hydroxylation is 1. The summed E-state index contributed by atoms with van der Waals surface area (Å²) in [7, 11) is 0. The van der Waals surface area contributed by atoms with Gasteiger partial charge in [-0.2, -0.15) is 0 Å². The second kappa shape index (κ2) is 10.8. The van der Waals surface area contributed by atoms with Gasteiger partial charge in [0.25, 0.3) is 0 Å². The molecule has 0 saturated carbocycles. The van der Waals surface area contributed by atoms with Crippen LogP contribution in [0, 0.1) is 12.7 Å². The molecule has 0 aromatic heterocycles. The number of allylic oxidation sites excluding steroid dienone is 1. The zero-order valence-electron chi connectivity index (χ0n) is 20.9. The number of hydrogen-bond acceptors (Lipinski definition) is 3. The number of nitrogens with zero attached hydrogens (tertiary/aromatic N) is 1. The van der Waals surface area contributed by atoms with Gasteiger partial charge in [-0.05, 0) is 108 Å². The van der Waals surface area contributed by atoms with Gasteiger partial charge in [-0.1, -0.05) is 30.3 Å². The van der Waals surface area contributed by atoms with Gasteiger partial charge in [0.15, 0.2) is 0 Å². The minimum absolute atomic E-state index is 0.127. The van der Waals surface area contributed by atoms with Gasteiger partial charge in [-0.15, -0.1) is 0 Å². The Labute approximate surface area is 212 Å². The van der Waals surface area contributed by atoms with Crippen molar-refractivity contribution in [2.45, 2.75) is 45.1 Å². The number of alkyl halides is 1. The molecule has 2 N–H and O–H groups in total. The Morgan fingerprint density at radius 2 is 1.86 bits per heavy atom. The molecule has 1 atom stereocenters. The third-order valence-corrected chi connectivity index (χ3v) is 7.45. The van der Waals surface area contributed by atoms with E-state index in [1.165, 1.54) is 17.2 Å². The lowest BCUT2D eigenvalue weighted by Gasteiger charge is -2.19. The molecule has 3 aromatic rings. The van der Waals surface area contributed by atoms with E-state index in [-0.39, 0.29) is 18.6 Å². The minimum atomic E-state index is -0.272. The lowest BCUT2D eigenvalue weighted by molar-refractivity contribution is 0.198. The lowest BCUT2D eigenvalue weighted by atomic mass is 9.86. The van der Waals surface area contributed by atoms with Crippen molar-refractivity contribution in [3.8, 4) is 5.75 Å². The summed E-state index contributed by atoms with van der Waals surface area (Å²) in [4.78, 5) is 2.27.